The van der Waals surface area contributed by atoms with E-state index < -0.39 is 35.8 Å². The Morgan fingerprint density at radius 1 is 0.714 bits per heavy atom. The molecule has 0 unspecified atom stereocenters. The van der Waals surface area contributed by atoms with E-state index in [1.54, 1.807) is 0 Å². The van der Waals surface area contributed by atoms with E-state index in [0.717, 1.165) is 5.32 Å². The SMILES string of the molecule is Cl.FC(F)(F)c1ccc(NC(C(F)(F)F)C(F)(F)F)cc1. The summed E-state index contributed by atoms with van der Waals surface area (Å²) in [5.74, 6) is 0. The zero-order valence-electron chi connectivity index (χ0n) is 9.70. The van der Waals surface area contributed by atoms with Gasteiger partial charge in [-0.2, -0.15) is 39.5 Å². The van der Waals surface area contributed by atoms with Crippen LogP contribution in [0, 0.1) is 0 Å². The summed E-state index contributed by atoms with van der Waals surface area (Å²) >= 11 is 0. The molecule has 0 saturated heterocycles. The van der Waals surface area contributed by atoms with Gasteiger partial charge in [-0.1, -0.05) is 0 Å². The maximum absolute atomic E-state index is 12.2. The first-order chi connectivity index (χ1) is 8.82. The first kappa shape index (κ1) is 19.7. The van der Waals surface area contributed by atoms with Crippen LogP contribution in [-0.4, -0.2) is 18.4 Å². The van der Waals surface area contributed by atoms with Gasteiger partial charge in [-0.3, -0.25) is 0 Å². The first-order valence-electron chi connectivity index (χ1n) is 4.89. The molecule has 122 valence electrons. The largest absolute Gasteiger partial charge is 0.417 e. The van der Waals surface area contributed by atoms with Crippen molar-refractivity contribution in [2.75, 3.05) is 5.32 Å². The minimum Gasteiger partial charge on any atom is -0.367 e. The molecule has 1 rings (SSSR count). The van der Waals surface area contributed by atoms with Crippen LogP contribution in [-0.2, 0) is 6.18 Å². The van der Waals surface area contributed by atoms with Gasteiger partial charge in [-0.15, -0.1) is 12.4 Å². The van der Waals surface area contributed by atoms with Crippen LogP contribution in [0.25, 0.3) is 0 Å². The highest BCUT2D eigenvalue weighted by atomic mass is 35.5. The van der Waals surface area contributed by atoms with Gasteiger partial charge in [0, 0.05) is 5.69 Å². The lowest BCUT2D eigenvalue weighted by molar-refractivity contribution is -0.242. The number of halogens is 10. The molecule has 0 heterocycles. The van der Waals surface area contributed by atoms with E-state index >= 15 is 0 Å². The van der Waals surface area contributed by atoms with Crippen molar-refractivity contribution >= 4 is 18.1 Å². The smallest absolute Gasteiger partial charge is 0.367 e. The van der Waals surface area contributed by atoms with E-state index in [4.69, 9.17) is 0 Å². The standard InChI is InChI=1S/C10H6F9N.ClH/c11-8(12,13)5-1-3-6(4-2-5)20-7(9(14,15)16)10(17,18)19;/h1-4,7,20H;1H. The number of alkyl halides is 9. The van der Waals surface area contributed by atoms with Crippen LogP contribution in [0.15, 0.2) is 24.3 Å². The van der Waals surface area contributed by atoms with Crippen LogP contribution in [0.4, 0.5) is 45.2 Å². The molecule has 11 heteroatoms. The highest BCUT2D eigenvalue weighted by Gasteiger charge is 2.56. The molecule has 0 amide bonds. The van der Waals surface area contributed by atoms with Gasteiger partial charge in [-0.05, 0) is 24.3 Å². The number of hydrogen-bond donors (Lipinski definition) is 1. The van der Waals surface area contributed by atoms with Gasteiger partial charge < -0.3 is 5.32 Å². The topological polar surface area (TPSA) is 12.0 Å². The third-order valence-corrected chi connectivity index (χ3v) is 2.18. The predicted molar refractivity (Wildman–Crippen MR) is 58.2 cm³/mol. The summed E-state index contributed by atoms with van der Waals surface area (Å²) in [6.07, 6.45) is -16.0. The minimum atomic E-state index is -5.62. The minimum absolute atomic E-state index is 0. The summed E-state index contributed by atoms with van der Waals surface area (Å²) in [6.45, 7) is 0. The van der Waals surface area contributed by atoms with E-state index in [2.05, 4.69) is 0 Å². The third-order valence-electron chi connectivity index (χ3n) is 2.18. The summed E-state index contributed by atoms with van der Waals surface area (Å²) in [6, 6.07) is -2.11. The van der Waals surface area contributed by atoms with Crippen LogP contribution in [0.2, 0.25) is 0 Å². The monoisotopic (exact) mass is 347 g/mol. The molecule has 0 aromatic heterocycles. The van der Waals surface area contributed by atoms with Gasteiger partial charge in [-0.25, -0.2) is 0 Å². The Balaban J connectivity index is 0.00000400. The number of rotatable bonds is 2. The van der Waals surface area contributed by atoms with Crippen molar-refractivity contribution in [2.24, 2.45) is 0 Å². The van der Waals surface area contributed by atoms with Gasteiger partial charge in [0.05, 0.1) is 5.56 Å². The van der Waals surface area contributed by atoms with Crippen LogP contribution in [0.3, 0.4) is 0 Å². The lowest BCUT2D eigenvalue weighted by Crippen LogP contribution is -2.47. The molecule has 1 aromatic rings. The maximum atomic E-state index is 12.2. The molecule has 0 fully saturated rings. The van der Waals surface area contributed by atoms with Crippen molar-refractivity contribution in [3.8, 4) is 0 Å². The molecule has 0 aliphatic heterocycles. The molecule has 0 atom stereocenters. The third kappa shape index (κ3) is 5.52. The van der Waals surface area contributed by atoms with Crippen LogP contribution in [0.1, 0.15) is 5.56 Å². The molecule has 0 bridgehead atoms. The number of hydrogen-bond acceptors (Lipinski definition) is 1. The Morgan fingerprint density at radius 2 is 1.10 bits per heavy atom. The average Bonchev–Trinajstić information content (AvgIpc) is 2.22. The van der Waals surface area contributed by atoms with E-state index in [1.807, 2.05) is 0 Å². The molecule has 1 N–H and O–H groups in total. The summed E-state index contributed by atoms with van der Waals surface area (Å²) in [5.41, 5.74) is -1.91. The van der Waals surface area contributed by atoms with E-state index in [9.17, 15) is 39.5 Å². The highest BCUT2D eigenvalue weighted by Crippen LogP contribution is 2.36. The van der Waals surface area contributed by atoms with Gasteiger partial charge in [0.15, 0.2) is 0 Å². The molecule has 1 nitrogen and oxygen atoms in total. The van der Waals surface area contributed by atoms with Crippen LogP contribution < -0.4 is 5.32 Å². The quantitative estimate of drug-likeness (QED) is 0.740. The predicted octanol–water partition coefficient (Wildman–Crippen LogP) is 5.03. The van der Waals surface area contributed by atoms with Gasteiger partial charge in [0.1, 0.15) is 0 Å². The summed E-state index contributed by atoms with van der Waals surface area (Å²) in [4.78, 5) is 0. The number of benzene rings is 1. The second-order valence-corrected chi connectivity index (χ2v) is 3.74. The second-order valence-electron chi connectivity index (χ2n) is 3.74. The van der Waals surface area contributed by atoms with Gasteiger partial charge >= 0.3 is 18.5 Å². The molecule has 0 spiro atoms. The first-order valence-corrected chi connectivity index (χ1v) is 4.89. The Labute approximate surface area is 118 Å². The molecule has 21 heavy (non-hydrogen) atoms. The van der Waals surface area contributed by atoms with Gasteiger partial charge in [0.2, 0.25) is 6.04 Å². The van der Waals surface area contributed by atoms with Gasteiger partial charge in [0.25, 0.3) is 0 Å². The Bertz CT molecular complexity index is 432. The Hall–Kier alpha value is -1.32. The summed E-state index contributed by atoms with van der Waals surface area (Å²) in [7, 11) is 0. The number of anilines is 1. The van der Waals surface area contributed by atoms with Crippen molar-refractivity contribution < 1.29 is 39.5 Å². The van der Waals surface area contributed by atoms with E-state index in [0.29, 0.717) is 24.3 Å². The molecule has 0 saturated carbocycles. The number of nitrogens with one attached hydrogen (secondary N) is 1. The van der Waals surface area contributed by atoms with E-state index in [1.165, 1.54) is 0 Å². The lowest BCUT2D eigenvalue weighted by atomic mass is 10.2. The van der Waals surface area contributed by atoms with Crippen molar-refractivity contribution in [3.63, 3.8) is 0 Å². The zero-order chi connectivity index (χ0) is 15.8. The normalized spacial score (nSPS) is 13.0. The average molecular weight is 348 g/mol. The van der Waals surface area contributed by atoms with E-state index in [-0.39, 0.29) is 12.4 Å². The lowest BCUT2D eigenvalue weighted by Gasteiger charge is -2.24. The summed E-state index contributed by atoms with van der Waals surface area (Å²) < 4.78 is 110. The van der Waals surface area contributed by atoms with Crippen LogP contribution >= 0.6 is 12.4 Å². The summed E-state index contributed by atoms with van der Waals surface area (Å²) in [5, 5.41) is 1.12. The zero-order valence-corrected chi connectivity index (χ0v) is 10.5. The molecular weight excluding hydrogens is 341 g/mol. The van der Waals surface area contributed by atoms with Crippen molar-refractivity contribution in [1.29, 1.82) is 0 Å². The highest BCUT2D eigenvalue weighted by molar-refractivity contribution is 5.85. The fraction of sp³-hybridized carbons (Fsp3) is 0.400. The molecule has 0 aliphatic rings. The molecular formula is C10H7ClF9N. The fourth-order valence-corrected chi connectivity index (χ4v) is 1.27. The van der Waals surface area contributed by atoms with Crippen molar-refractivity contribution in [1.82, 2.24) is 0 Å². The second kappa shape index (κ2) is 6.20. The molecule has 0 aliphatic carbocycles. The van der Waals surface area contributed by atoms with Crippen molar-refractivity contribution in [3.05, 3.63) is 29.8 Å². The van der Waals surface area contributed by atoms with Crippen molar-refractivity contribution in [2.45, 2.75) is 24.6 Å². The van der Waals surface area contributed by atoms with Crippen LogP contribution in [0.5, 0.6) is 0 Å². The fourth-order valence-electron chi connectivity index (χ4n) is 1.27. The molecule has 0 radical (unpaired) electrons. The maximum Gasteiger partial charge on any atom is 0.417 e. The Kier molecular flexibility index (Phi) is 5.81. The molecule has 1 aromatic carbocycles. The Morgan fingerprint density at radius 3 is 1.38 bits per heavy atom.